The smallest absolute Gasteiger partial charge is 0.228 e. The molecule has 0 N–H and O–H groups in total. The molecule has 0 bridgehead atoms. The van der Waals surface area contributed by atoms with Crippen LogP contribution in [0.25, 0.3) is 5.65 Å². The van der Waals surface area contributed by atoms with Crippen LogP contribution in [-0.4, -0.2) is 31.6 Å². The van der Waals surface area contributed by atoms with E-state index in [9.17, 15) is 4.79 Å². The van der Waals surface area contributed by atoms with Gasteiger partial charge in [0.15, 0.2) is 23.9 Å². The first-order valence-electron chi connectivity index (χ1n) is 10.5. The number of hydrogen-bond acceptors (Lipinski definition) is 7. The molecule has 0 fully saturated rings. The van der Waals surface area contributed by atoms with E-state index in [1.807, 2.05) is 60.7 Å². The summed E-state index contributed by atoms with van der Waals surface area (Å²) in [4.78, 5) is 27.1. The van der Waals surface area contributed by atoms with Gasteiger partial charge < -0.3 is 9.57 Å². The van der Waals surface area contributed by atoms with E-state index in [0.717, 1.165) is 11.1 Å². The van der Waals surface area contributed by atoms with Crippen LogP contribution in [0.5, 0.6) is 5.88 Å². The van der Waals surface area contributed by atoms with E-state index in [2.05, 4.69) is 20.2 Å². The maximum absolute atomic E-state index is 12.6. The van der Waals surface area contributed by atoms with Gasteiger partial charge in [-0.05, 0) is 25.0 Å². The third-order valence-electron chi connectivity index (χ3n) is 5.42. The monoisotopic (exact) mass is 439 g/mol. The molecule has 1 aliphatic rings. The van der Waals surface area contributed by atoms with E-state index in [4.69, 9.17) is 9.57 Å². The van der Waals surface area contributed by atoms with Gasteiger partial charge in [0.25, 0.3) is 0 Å². The first-order valence-corrected chi connectivity index (χ1v) is 10.5. The minimum Gasteiger partial charge on any atom is -0.443 e. The van der Waals surface area contributed by atoms with Crippen LogP contribution in [0, 0.1) is 0 Å². The molecular formula is C25H21N5O3. The fraction of sp³-hybridized carbons (Fsp3) is 0.160. The van der Waals surface area contributed by atoms with Gasteiger partial charge in [0, 0.05) is 11.5 Å². The standard InChI is InChI=1S/C25H21N5O3/c1-16(31)21-17(2)33-25-23(22(21)19-11-7-4-8-12-19)24-28-20(29-30(24)15-26-25)14-32-27-13-18-9-5-3-6-10-18/h3-13,15,22H,14H2,1-2H3. The van der Waals surface area contributed by atoms with Crippen LogP contribution < -0.4 is 4.74 Å². The van der Waals surface area contributed by atoms with Crippen molar-refractivity contribution >= 4 is 17.6 Å². The van der Waals surface area contributed by atoms with Crippen molar-refractivity contribution in [2.24, 2.45) is 5.16 Å². The van der Waals surface area contributed by atoms with Crippen molar-refractivity contribution in [2.45, 2.75) is 26.4 Å². The summed E-state index contributed by atoms with van der Waals surface area (Å²) in [7, 11) is 0. The second-order valence-electron chi connectivity index (χ2n) is 7.65. The summed E-state index contributed by atoms with van der Waals surface area (Å²) in [5.74, 6) is 0.975. The Morgan fingerprint density at radius 3 is 2.61 bits per heavy atom. The first kappa shape index (κ1) is 20.6. The zero-order valence-electron chi connectivity index (χ0n) is 18.2. The number of ether oxygens (including phenoxy) is 1. The van der Waals surface area contributed by atoms with Gasteiger partial charge >= 0.3 is 0 Å². The highest BCUT2D eigenvalue weighted by atomic mass is 16.6. The number of oxime groups is 1. The molecule has 5 rings (SSSR count). The highest BCUT2D eigenvalue weighted by Gasteiger charge is 2.35. The maximum atomic E-state index is 12.6. The predicted molar refractivity (Wildman–Crippen MR) is 122 cm³/mol. The molecule has 0 saturated carbocycles. The van der Waals surface area contributed by atoms with E-state index >= 15 is 0 Å². The lowest BCUT2D eigenvalue weighted by Gasteiger charge is -2.28. The summed E-state index contributed by atoms with van der Waals surface area (Å²) in [5, 5.41) is 8.47. The number of nitrogens with zero attached hydrogens (tertiary/aromatic N) is 5. The molecule has 2 aromatic carbocycles. The first-order chi connectivity index (χ1) is 16.1. The predicted octanol–water partition coefficient (Wildman–Crippen LogP) is 4.06. The minimum atomic E-state index is -0.363. The Balaban J connectivity index is 1.51. The molecular weight excluding hydrogens is 418 g/mol. The summed E-state index contributed by atoms with van der Waals surface area (Å²) >= 11 is 0. The molecule has 3 heterocycles. The van der Waals surface area contributed by atoms with Gasteiger partial charge in [-0.3, -0.25) is 4.79 Å². The van der Waals surface area contributed by atoms with Crippen LogP contribution in [-0.2, 0) is 16.2 Å². The molecule has 1 aliphatic heterocycles. The Morgan fingerprint density at radius 1 is 1.15 bits per heavy atom. The molecule has 2 aromatic heterocycles. The third-order valence-corrected chi connectivity index (χ3v) is 5.42. The van der Waals surface area contributed by atoms with Crippen LogP contribution in [0.4, 0.5) is 0 Å². The molecule has 1 unspecified atom stereocenters. The van der Waals surface area contributed by atoms with Crippen molar-refractivity contribution < 1.29 is 14.4 Å². The number of aromatic nitrogens is 4. The molecule has 4 aromatic rings. The largest absolute Gasteiger partial charge is 0.443 e. The number of carbonyl (C=O) groups is 1. The van der Waals surface area contributed by atoms with Crippen LogP contribution in [0.2, 0.25) is 0 Å². The molecule has 8 heteroatoms. The SMILES string of the molecule is CC(=O)C1=C(C)Oc2ncn3nc(CON=Cc4ccccc4)nc3c2C1c1ccccc1. The highest BCUT2D eigenvalue weighted by molar-refractivity contribution is 5.97. The Hall–Kier alpha value is -4.33. The molecule has 1 atom stereocenters. The van der Waals surface area contributed by atoms with E-state index in [1.165, 1.54) is 0 Å². The number of benzene rings is 2. The van der Waals surface area contributed by atoms with Crippen molar-refractivity contribution in [1.29, 1.82) is 0 Å². The highest BCUT2D eigenvalue weighted by Crippen LogP contribution is 2.43. The Bertz CT molecular complexity index is 1380. The number of fused-ring (bicyclic) bond motifs is 3. The van der Waals surface area contributed by atoms with Crippen molar-refractivity contribution in [2.75, 3.05) is 0 Å². The maximum Gasteiger partial charge on any atom is 0.228 e. The second-order valence-corrected chi connectivity index (χ2v) is 7.65. The van der Waals surface area contributed by atoms with Crippen molar-refractivity contribution in [1.82, 2.24) is 19.6 Å². The van der Waals surface area contributed by atoms with Gasteiger partial charge in [0.1, 0.15) is 12.1 Å². The van der Waals surface area contributed by atoms with Gasteiger partial charge in [-0.1, -0.05) is 65.8 Å². The number of rotatable bonds is 6. The summed E-state index contributed by atoms with van der Waals surface area (Å²) in [6, 6.07) is 19.5. The molecule has 0 aliphatic carbocycles. The molecule has 0 saturated heterocycles. The molecule has 164 valence electrons. The molecule has 0 amide bonds. The van der Waals surface area contributed by atoms with E-state index in [0.29, 0.717) is 34.2 Å². The normalized spacial score (nSPS) is 15.5. The van der Waals surface area contributed by atoms with Gasteiger partial charge in [0.05, 0.1) is 11.8 Å². The van der Waals surface area contributed by atoms with Crippen molar-refractivity contribution in [3.8, 4) is 5.88 Å². The van der Waals surface area contributed by atoms with Crippen LogP contribution in [0.1, 0.15) is 42.3 Å². The summed E-state index contributed by atoms with van der Waals surface area (Å²) < 4.78 is 7.51. The van der Waals surface area contributed by atoms with Gasteiger partial charge in [-0.15, -0.1) is 5.10 Å². The van der Waals surface area contributed by atoms with E-state index in [1.54, 1.807) is 30.9 Å². The average molecular weight is 439 g/mol. The average Bonchev–Trinajstić information content (AvgIpc) is 3.25. The van der Waals surface area contributed by atoms with Crippen LogP contribution >= 0.6 is 0 Å². The Labute approximate surface area is 190 Å². The van der Waals surface area contributed by atoms with Crippen molar-refractivity contribution in [3.63, 3.8) is 0 Å². The zero-order valence-corrected chi connectivity index (χ0v) is 18.2. The Kier molecular flexibility index (Phi) is 5.40. The van der Waals surface area contributed by atoms with Crippen LogP contribution in [0.3, 0.4) is 0 Å². The number of ketones is 1. The molecule has 0 spiro atoms. The fourth-order valence-electron chi connectivity index (χ4n) is 4.01. The van der Waals surface area contributed by atoms with E-state index in [-0.39, 0.29) is 18.3 Å². The molecule has 0 radical (unpaired) electrons. The number of Topliss-reactive ketones (excluding diaryl/α,β-unsaturated/α-hetero) is 1. The van der Waals surface area contributed by atoms with Crippen molar-refractivity contribution in [3.05, 3.63) is 101 Å². The summed E-state index contributed by atoms with van der Waals surface area (Å²) in [6.45, 7) is 3.42. The van der Waals surface area contributed by atoms with Crippen LogP contribution in [0.15, 0.2) is 83.5 Å². The van der Waals surface area contributed by atoms with E-state index < -0.39 is 0 Å². The summed E-state index contributed by atoms with van der Waals surface area (Å²) in [5.41, 5.74) is 3.73. The lowest BCUT2D eigenvalue weighted by atomic mass is 9.82. The summed E-state index contributed by atoms with van der Waals surface area (Å²) in [6.07, 6.45) is 3.18. The Morgan fingerprint density at radius 2 is 1.88 bits per heavy atom. The third kappa shape index (κ3) is 3.98. The minimum absolute atomic E-state index is 0.0627. The fourth-order valence-corrected chi connectivity index (χ4v) is 4.01. The zero-order chi connectivity index (χ0) is 22.8. The molecule has 33 heavy (non-hydrogen) atoms. The number of allylic oxidation sites excluding steroid dienone is 2. The topological polar surface area (TPSA) is 91.0 Å². The number of hydrogen-bond donors (Lipinski definition) is 0. The lowest BCUT2D eigenvalue weighted by molar-refractivity contribution is -0.114. The number of carbonyl (C=O) groups excluding carboxylic acids is 1. The molecule has 8 nitrogen and oxygen atoms in total. The van der Waals surface area contributed by atoms with Gasteiger partial charge in [0.2, 0.25) is 5.88 Å². The quantitative estimate of drug-likeness (QED) is 0.332. The van der Waals surface area contributed by atoms with Gasteiger partial charge in [-0.25, -0.2) is 14.5 Å². The lowest BCUT2D eigenvalue weighted by Crippen LogP contribution is -2.22. The van der Waals surface area contributed by atoms with Gasteiger partial charge in [-0.2, -0.15) is 0 Å². The second kappa shape index (κ2) is 8.66.